The molecular formula is C32H39F4N3O6S. The van der Waals surface area contributed by atoms with Gasteiger partial charge >= 0.3 is 6.18 Å². The number of sulfonamides is 1. The Morgan fingerprint density at radius 2 is 1.80 bits per heavy atom. The molecule has 3 fully saturated rings. The Balaban J connectivity index is 1.21. The first-order valence-electron chi connectivity index (χ1n) is 15.8. The summed E-state index contributed by atoms with van der Waals surface area (Å²) in [6, 6.07) is 3.83. The monoisotopic (exact) mass is 669 g/mol. The summed E-state index contributed by atoms with van der Waals surface area (Å²) < 4.78 is 88.4. The molecule has 5 rings (SSSR count). The molecule has 1 aromatic heterocycles. The van der Waals surface area contributed by atoms with Crippen molar-refractivity contribution in [3.63, 3.8) is 0 Å². The van der Waals surface area contributed by atoms with E-state index in [1.807, 2.05) is 0 Å². The van der Waals surface area contributed by atoms with Crippen LogP contribution in [0.2, 0.25) is 0 Å². The van der Waals surface area contributed by atoms with E-state index in [9.17, 15) is 35.6 Å². The van der Waals surface area contributed by atoms with E-state index in [0.717, 1.165) is 43.7 Å². The van der Waals surface area contributed by atoms with Gasteiger partial charge in [0.1, 0.15) is 12.1 Å². The van der Waals surface area contributed by atoms with Crippen molar-refractivity contribution < 1.29 is 44.7 Å². The molecule has 2 aliphatic heterocycles. The summed E-state index contributed by atoms with van der Waals surface area (Å²) in [4.78, 5) is 29.4. The molecule has 2 bridgehead atoms. The van der Waals surface area contributed by atoms with Crippen LogP contribution in [-0.2, 0) is 26.0 Å². The number of fused-ring (bicyclic) bond motifs is 2. The molecule has 46 heavy (non-hydrogen) atoms. The summed E-state index contributed by atoms with van der Waals surface area (Å²) in [6.07, 6.45) is 9.46. The van der Waals surface area contributed by atoms with Gasteiger partial charge in [-0.2, -0.15) is 13.2 Å². The lowest BCUT2D eigenvalue weighted by Crippen LogP contribution is -2.36. The topological polar surface area (TPSA) is 128 Å². The minimum Gasteiger partial charge on any atom is -0.448 e. The van der Waals surface area contributed by atoms with Crippen LogP contribution in [0.5, 0.6) is 0 Å². The average Bonchev–Trinajstić information content (AvgIpc) is 3.73. The van der Waals surface area contributed by atoms with E-state index in [1.54, 1.807) is 0 Å². The third-order valence-corrected chi connectivity index (χ3v) is 10.3. The van der Waals surface area contributed by atoms with Gasteiger partial charge in [-0.25, -0.2) is 22.5 Å². The van der Waals surface area contributed by atoms with Gasteiger partial charge in [-0.1, -0.05) is 51.0 Å². The lowest BCUT2D eigenvalue weighted by Gasteiger charge is -2.26. The largest absolute Gasteiger partial charge is 0.448 e. The summed E-state index contributed by atoms with van der Waals surface area (Å²) in [5.74, 6) is -3.70. The van der Waals surface area contributed by atoms with E-state index in [0.29, 0.717) is 23.6 Å². The van der Waals surface area contributed by atoms with Gasteiger partial charge in [0, 0.05) is 18.5 Å². The van der Waals surface area contributed by atoms with Crippen LogP contribution in [0.4, 0.5) is 17.6 Å². The van der Waals surface area contributed by atoms with Crippen molar-refractivity contribution in [2.24, 2.45) is 11.8 Å². The molecule has 4 atom stereocenters. The molecular weight excluding hydrogens is 630 g/mol. The van der Waals surface area contributed by atoms with Crippen LogP contribution in [-0.4, -0.2) is 55.9 Å². The molecule has 0 spiro atoms. The number of aromatic nitrogens is 1. The summed E-state index contributed by atoms with van der Waals surface area (Å²) in [5, 5.41) is 2.92. The lowest BCUT2D eigenvalue weighted by molar-refractivity contribution is -0.115. The van der Waals surface area contributed by atoms with Crippen molar-refractivity contribution >= 4 is 27.9 Å². The summed E-state index contributed by atoms with van der Waals surface area (Å²) in [5.41, 5.74) is 1.03. The predicted molar refractivity (Wildman–Crippen MR) is 161 cm³/mol. The van der Waals surface area contributed by atoms with E-state index in [-0.39, 0.29) is 42.1 Å². The smallest absolute Gasteiger partial charge is 0.404 e. The zero-order valence-electron chi connectivity index (χ0n) is 25.4. The van der Waals surface area contributed by atoms with Crippen molar-refractivity contribution in [3.8, 4) is 0 Å². The van der Waals surface area contributed by atoms with E-state index >= 15 is 0 Å². The van der Waals surface area contributed by atoms with Crippen molar-refractivity contribution in [1.82, 2.24) is 15.0 Å². The van der Waals surface area contributed by atoms with Gasteiger partial charge in [0.05, 0.1) is 18.1 Å². The van der Waals surface area contributed by atoms with Crippen molar-refractivity contribution in [3.05, 3.63) is 59.1 Å². The first kappa shape index (κ1) is 34.1. The number of hydrogen-bond acceptors (Lipinski definition) is 7. The number of ether oxygens (including phenoxy) is 1. The van der Waals surface area contributed by atoms with Crippen molar-refractivity contribution in [2.75, 3.05) is 12.3 Å². The van der Waals surface area contributed by atoms with Gasteiger partial charge < -0.3 is 14.5 Å². The number of oxazole rings is 1. The Bertz CT molecular complexity index is 1520. The second-order valence-corrected chi connectivity index (χ2v) is 14.3. The molecule has 1 aliphatic carbocycles. The minimum absolute atomic E-state index is 0.171. The van der Waals surface area contributed by atoms with Gasteiger partial charge in [-0.15, -0.1) is 0 Å². The maximum Gasteiger partial charge on any atom is 0.404 e. The zero-order chi connectivity index (χ0) is 32.9. The lowest BCUT2D eigenvalue weighted by atomic mass is 9.75. The molecule has 3 heterocycles. The Morgan fingerprint density at radius 3 is 2.57 bits per heavy atom. The van der Waals surface area contributed by atoms with Crippen LogP contribution in [0.1, 0.15) is 97.6 Å². The number of amides is 2. The quantitative estimate of drug-likeness (QED) is 0.156. The van der Waals surface area contributed by atoms with Gasteiger partial charge in [-0.05, 0) is 60.9 Å². The highest BCUT2D eigenvalue weighted by molar-refractivity contribution is 7.90. The van der Waals surface area contributed by atoms with Gasteiger partial charge in [0.25, 0.3) is 11.8 Å². The summed E-state index contributed by atoms with van der Waals surface area (Å²) >= 11 is 0. The third-order valence-electron chi connectivity index (χ3n) is 9.10. The van der Waals surface area contributed by atoms with Crippen LogP contribution >= 0.6 is 0 Å². The number of nitrogens with one attached hydrogen (secondary N) is 2. The number of halogens is 4. The summed E-state index contributed by atoms with van der Waals surface area (Å²) in [6.45, 7) is 0.551. The predicted octanol–water partition coefficient (Wildman–Crippen LogP) is 5.82. The number of hydrogen-bond donors (Lipinski definition) is 2. The standard InChI is InChI=1S/C32H39F4N3O6S/c33-23-11-9-21(10-14-28(40)39-46(42,43)19-32(34,35)36)22(16-23)17-24-26-12-13-27(45-26)29(24)31-38-25(18-44-31)30(41)37-15-5-4-8-20-6-2-1-3-7-20/h9-11,14,16,18,20,24,26-27,29H,1-8,12-13,15,17,19H2,(H,37,41)(H,39,40)/b14-10+. The Labute approximate surface area is 265 Å². The molecule has 14 heteroatoms. The van der Waals surface area contributed by atoms with Crippen molar-refractivity contribution in [2.45, 2.75) is 94.9 Å². The van der Waals surface area contributed by atoms with Crippen LogP contribution in [0.15, 0.2) is 35.0 Å². The van der Waals surface area contributed by atoms with Crippen LogP contribution < -0.4 is 10.0 Å². The molecule has 0 radical (unpaired) electrons. The highest BCUT2D eigenvalue weighted by atomic mass is 32.2. The number of unbranched alkanes of at least 4 members (excludes halogenated alkanes) is 1. The first-order valence-corrected chi connectivity index (χ1v) is 17.5. The first-order chi connectivity index (χ1) is 21.9. The molecule has 4 unspecified atom stereocenters. The second kappa shape index (κ2) is 14.7. The van der Waals surface area contributed by atoms with Gasteiger partial charge in [-0.3, -0.25) is 9.59 Å². The number of benzene rings is 1. The number of nitrogens with zero attached hydrogens (tertiary/aromatic N) is 1. The van der Waals surface area contributed by atoms with Crippen LogP contribution in [0.25, 0.3) is 6.08 Å². The molecule has 252 valence electrons. The highest BCUT2D eigenvalue weighted by Crippen LogP contribution is 2.50. The Kier molecular flexibility index (Phi) is 10.9. The Morgan fingerprint density at radius 1 is 1.04 bits per heavy atom. The number of carbonyl (C=O) groups excluding carboxylic acids is 2. The maximum absolute atomic E-state index is 14.3. The van der Waals surface area contributed by atoms with Crippen LogP contribution in [0.3, 0.4) is 0 Å². The molecule has 1 saturated carbocycles. The fraction of sp³-hybridized carbons (Fsp3) is 0.594. The highest BCUT2D eigenvalue weighted by Gasteiger charge is 2.51. The number of carbonyl (C=O) groups is 2. The van der Waals surface area contributed by atoms with Gasteiger partial charge in [0.2, 0.25) is 15.9 Å². The maximum atomic E-state index is 14.3. The molecule has 2 N–H and O–H groups in total. The van der Waals surface area contributed by atoms with E-state index in [2.05, 4.69) is 10.3 Å². The molecule has 9 nitrogen and oxygen atoms in total. The molecule has 2 saturated heterocycles. The van der Waals surface area contributed by atoms with E-state index in [4.69, 9.17) is 9.15 Å². The fourth-order valence-electron chi connectivity index (χ4n) is 7.02. The van der Waals surface area contributed by atoms with E-state index < -0.39 is 33.7 Å². The number of rotatable bonds is 13. The third kappa shape index (κ3) is 9.18. The SMILES string of the molecule is O=C(/C=C/c1ccc(F)cc1CC1C2CCC(O2)C1c1nc(C(=O)NCCCCC2CCCCC2)co1)NS(=O)(=O)CC(F)(F)F. The summed E-state index contributed by atoms with van der Waals surface area (Å²) in [7, 11) is -4.94. The number of alkyl halides is 3. The molecule has 2 aromatic rings. The molecule has 2 amide bonds. The van der Waals surface area contributed by atoms with E-state index in [1.165, 1.54) is 67.7 Å². The van der Waals surface area contributed by atoms with Gasteiger partial charge in [0.15, 0.2) is 11.4 Å². The van der Waals surface area contributed by atoms with Crippen LogP contribution in [0, 0.1) is 17.7 Å². The second-order valence-electron chi connectivity index (χ2n) is 12.5. The van der Waals surface area contributed by atoms with Crippen molar-refractivity contribution in [1.29, 1.82) is 0 Å². The molecule has 1 aromatic carbocycles. The average molecular weight is 670 g/mol. The molecule has 3 aliphatic rings. The minimum atomic E-state index is -5.01. The Hall–Kier alpha value is -3.26. The fourth-order valence-corrected chi connectivity index (χ4v) is 7.90. The normalized spacial score (nSPS) is 23.7. The zero-order valence-corrected chi connectivity index (χ0v) is 26.2.